The summed E-state index contributed by atoms with van der Waals surface area (Å²) in [5, 5.41) is 3.08. The Morgan fingerprint density at radius 3 is 1.80 bits per heavy atom. The molecule has 0 amide bonds. The number of sulfone groups is 1. The Kier molecular flexibility index (Phi) is 6.65. The van der Waals surface area contributed by atoms with Crippen LogP contribution in [0.1, 0.15) is 0 Å². The Bertz CT molecular complexity index is 835. The number of sulfonamides is 1. The predicted molar refractivity (Wildman–Crippen MR) is 95.4 cm³/mol. The van der Waals surface area contributed by atoms with E-state index >= 15 is 0 Å². The number of benzene rings is 1. The van der Waals surface area contributed by atoms with E-state index in [4.69, 9.17) is 0 Å². The Labute approximate surface area is 148 Å². The van der Waals surface area contributed by atoms with Gasteiger partial charge >= 0.3 is 0 Å². The maximum Gasteiger partial charge on any atom is 0.243 e. The fourth-order valence-corrected chi connectivity index (χ4v) is 4.28. The molecule has 0 atom stereocenters. The van der Waals surface area contributed by atoms with E-state index in [1.165, 1.54) is 28.6 Å². The summed E-state index contributed by atoms with van der Waals surface area (Å²) in [5.41, 5.74) is 0. The molecule has 136 valence electrons. The molecule has 0 bridgehead atoms. The van der Waals surface area contributed by atoms with Crippen molar-refractivity contribution in [3.05, 3.63) is 54.9 Å². The Hall–Kier alpha value is -1.81. The number of aromatic nitrogens is 1. The second kappa shape index (κ2) is 8.52. The summed E-state index contributed by atoms with van der Waals surface area (Å²) < 4.78 is 48.7. The molecule has 0 unspecified atom stereocenters. The monoisotopic (exact) mass is 383 g/mol. The molecule has 0 spiro atoms. The van der Waals surface area contributed by atoms with Gasteiger partial charge in [-0.3, -0.25) is 4.98 Å². The van der Waals surface area contributed by atoms with Crippen LogP contribution in [0.5, 0.6) is 0 Å². The molecule has 7 nitrogen and oxygen atoms in total. The number of pyridine rings is 1. The first-order valence-corrected chi connectivity index (χ1v) is 11.0. The van der Waals surface area contributed by atoms with Gasteiger partial charge in [-0.15, -0.1) is 0 Å². The minimum atomic E-state index is -3.53. The summed E-state index contributed by atoms with van der Waals surface area (Å²) >= 11 is 0. The van der Waals surface area contributed by atoms with Crippen LogP contribution in [0, 0.1) is 0 Å². The van der Waals surface area contributed by atoms with Crippen LogP contribution in [-0.2, 0) is 19.9 Å². The second-order valence-corrected chi connectivity index (χ2v) is 9.38. The third-order valence-corrected chi connectivity index (χ3v) is 6.57. The normalized spacial score (nSPS) is 15.9. The van der Waals surface area contributed by atoms with Crippen LogP contribution in [0.15, 0.2) is 64.6 Å². The van der Waals surface area contributed by atoms with Crippen molar-refractivity contribution < 1.29 is 16.8 Å². The highest BCUT2D eigenvalue weighted by Crippen LogP contribution is 2.18. The summed E-state index contributed by atoms with van der Waals surface area (Å²) in [7, 11) is -6.83. The third kappa shape index (κ3) is 5.60. The van der Waals surface area contributed by atoms with Crippen molar-refractivity contribution in [3.8, 4) is 0 Å². The lowest BCUT2D eigenvalue weighted by molar-refractivity contribution is 0.360. The van der Waals surface area contributed by atoms with E-state index in [0.717, 1.165) is 6.26 Å². The Balaban J connectivity index is 0.000000316. The number of piperazine rings is 1. The highest BCUT2D eigenvalue weighted by Gasteiger charge is 2.25. The number of rotatable bonds is 3. The molecule has 2 heterocycles. The van der Waals surface area contributed by atoms with Gasteiger partial charge in [0.15, 0.2) is 9.84 Å². The largest absolute Gasteiger partial charge is 0.314 e. The van der Waals surface area contributed by atoms with Crippen molar-refractivity contribution >= 4 is 19.9 Å². The lowest BCUT2D eigenvalue weighted by Crippen LogP contribution is -2.46. The standard InChI is InChI=1S/C11H16N2O4S2.C5H5N/c1-18(14,15)10-2-4-11(5-3-10)19(16,17)13-8-6-12-7-9-13;1-2-4-6-5-3-1/h2-5,12H,6-9H2,1H3;1-5H. The minimum Gasteiger partial charge on any atom is -0.314 e. The first-order chi connectivity index (χ1) is 11.8. The molecular weight excluding hydrogens is 362 g/mol. The molecule has 1 aromatic heterocycles. The van der Waals surface area contributed by atoms with Crippen molar-refractivity contribution in [2.45, 2.75) is 9.79 Å². The molecule has 1 aromatic carbocycles. The zero-order valence-corrected chi connectivity index (χ0v) is 15.5. The van der Waals surface area contributed by atoms with Crippen LogP contribution in [0.4, 0.5) is 0 Å². The molecule has 0 aliphatic carbocycles. The highest BCUT2D eigenvalue weighted by atomic mass is 32.2. The third-order valence-electron chi connectivity index (χ3n) is 3.53. The van der Waals surface area contributed by atoms with Gasteiger partial charge in [-0.1, -0.05) is 6.07 Å². The van der Waals surface area contributed by atoms with E-state index in [1.54, 1.807) is 12.4 Å². The van der Waals surface area contributed by atoms with Crippen molar-refractivity contribution in [2.24, 2.45) is 0 Å². The number of nitrogens with one attached hydrogen (secondary N) is 1. The van der Waals surface area contributed by atoms with Gasteiger partial charge in [0.1, 0.15) is 0 Å². The quantitative estimate of drug-likeness (QED) is 0.841. The lowest BCUT2D eigenvalue weighted by atomic mass is 10.4. The average Bonchev–Trinajstić information content (AvgIpc) is 2.64. The van der Waals surface area contributed by atoms with Crippen molar-refractivity contribution in [3.63, 3.8) is 0 Å². The highest BCUT2D eigenvalue weighted by molar-refractivity contribution is 7.90. The van der Waals surface area contributed by atoms with Crippen LogP contribution in [-0.4, -0.2) is 58.6 Å². The van der Waals surface area contributed by atoms with Gasteiger partial charge in [-0.2, -0.15) is 4.31 Å². The molecule has 2 aromatic rings. The van der Waals surface area contributed by atoms with Gasteiger partial charge in [0.05, 0.1) is 9.79 Å². The van der Waals surface area contributed by atoms with Gasteiger partial charge in [0.2, 0.25) is 10.0 Å². The second-order valence-electron chi connectivity index (χ2n) is 5.42. The maximum atomic E-state index is 12.3. The molecule has 1 N–H and O–H groups in total. The van der Waals surface area contributed by atoms with E-state index in [-0.39, 0.29) is 9.79 Å². The molecule has 25 heavy (non-hydrogen) atoms. The van der Waals surface area contributed by atoms with E-state index in [9.17, 15) is 16.8 Å². The summed E-state index contributed by atoms with van der Waals surface area (Å²) in [6, 6.07) is 11.0. The molecule has 1 saturated heterocycles. The first kappa shape index (κ1) is 19.5. The fourth-order valence-electron chi connectivity index (χ4n) is 2.21. The zero-order chi connectivity index (χ0) is 18.3. The lowest BCUT2D eigenvalue weighted by Gasteiger charge is -2.26. The molecule has 9 heteroatoms. The van der Waals surface area contributed by atoms with Crippen LogP contribution in [0.3, 0.4) is 0 Å². The SMILES string of the molecule is CS(=O)(=O)c1ccc(S(=O)(=O)N2CCNCC2)cc1.c1ccncc1. The Morgan fingerprint density at radius 1 is 0.880 bits per heavy atom. The first-order valence-electron chi connectivity index (χ1n) is 7.68. The van der Waals surface area contributed by atoms with Crippen molar-refractivity contribution in [1.82, 2.24) is 14.6 Å². The summed E-state index contributed by atoms with van der Waals surface area (Å²) in [6.07, 6.45) is 4.59. The van der Waals surface area contributed by atoms with E-state index in [0.29, 0.717) is 26.2 Å². The van der Waals surface area contributed by atoms with Gasteiger partial charge in [-0.05, 0) is 36.4 Å². The van der Waals surface area contributed by atoms with E-state index < -0.39 is 19.9 Å². The molecule has 1 aliphatic heterocycles. The van der Waals surface area contributed by atoms with Crippen molar-refractivity contribution in [1.29, 1.82) is 0 Å². The smallest absolute Gasteiger partial charge is 0.243 e. The molecule has 0 radical (unpaired) electrons. The molecule has 0 saturated carbocycles. The summed E-state index contributed by atoms with van der Waals surface area (Å²) in [4.78, 5) is 4.03. The summed E-state index contributed by atoms with van der Waals surface area (Å²) in [6.45, 7) is 2.10. The summed E-state index contributed by atoms with van der Waals surface area (Å²) in [5.74, 6) is 0. The molecule has 1 aliphatic rings. The van der Waals surface area contributed by atoms with Gasteiger partial charge in [0.25, 0.3) is 0 Å². The molecular formula is C16H21N3O4S2. The van der Waals surface area contributed by atoms with Crippen LogP contribution in [0.2, 0.25) is 0 Å². The molecule has 1 fully saturated rings. The Morgan fingerprint density at radius 2 is 1.40 bits per heavy atom. The van der Waals surface area contributed by atoms with Gasteiger partial charge in [-0.25, -0.2) is 16.8 Å². The van der Waals surface area contributed by atoms with Crippen LogP contribution >= 0.6 is 0 Å². The van der Waals surface area contributed by atoms with Gasteiger partial charge in [0, 0.05) is 44.8 Å². The number of hydrogen-bond acceptors (Lipinski definition) is 6. The number of nitrogens with zero attached hydrogens (tertiary/aromatic N) is 2. The predicted octanol–water partition coefficient (Wildman–Crippen LogP) is 0.766. The molecule has 3 rings (SSSR count). The van der Waals surface area contributed by atoms with Crippen LogP contribution in [0.25, 0.3) is 0 Å². The van der Waals surface area contributed by atoms with Gasteiger partial charge < -0.3 is 5.32 Å². The fraction of sp³-hybridized carbons (Fsp3) is 0.312. The maximum absolute atomic E-state index is 12.3. The number of hydrogen-bond donors (Lipinski definition) is 1. The topological polar surface area (TPSA) is 96.4 Å². The minimum absolute atomic E-state index is 0.117. The van der Waals surface area contributed by atoms with Crippen LogP contribution < -0.4 is 5.32 Å². The van der Waals surface area contributed by atoms with E-state index in [1.807, 2.05) is 18.2 Å². The zero-order valence-electron chi connectivity index (χ0n) is 13.9. The van der Waals surface area contributed by atoms with E-state index in [2.05, 4.69) is 10.3 Å². The van der Waals surface area contributed by atoms with Crippen molar-refractivity contribution in [2.75, 3.05) is 32.4 Å². The average molecular weight is 383 g/mol.